The van der Waals surface area contributed by atoms with E-state index in [0.717, 1.165) is 52.0 Å². The average Bonchev–Trinajstić information content (AvgIpc) is 4.03. The third kappa shape index (κ3) is 11.7. The molecule has 2 aromatic rings. The van der Waals surface area contributed by atoms with Crippen molar-refractivity contribution in [2.24, 2.45) is 0 Å². The van der Waals surface area contributed by atoms with Crippen LogP contribution in [0.25, 0.3) is 12.2 Å². The van der Waals surface area contributed by atoms with Gasteiger partial charge in [0.25, 0.3) is 11.8 Å². The molecule has 6 aliphatic heterocycles. The highest BCUT2D eigenvalue weighted by molar-refractivity contribution is 7.92. The van der Waals surface area contributed by atoms with Gasteiger partial charge in [-0.2, -0.15) is 8.61 Å². The Hall–Kier alpha value is -4.83. The number of hydrogen-bond donors (Lipinski definition) is 2. The molecule has 0 saturated carbocycles. The molecule has 8 rings (SSSR count). The topological polar surface area (TPSA) is 218 Å². The summed E-state index contributed by atoms with van der Waals surface area (Å²) in [6.07, 6.45) is 7.20. The molecule has 6 amide bonds. The number of nitrogens with zero attached hydrogens (tertiary/aromatic N) is 4. The highest BCUT2D eigenvalue weighted by atomic mass is 32.2. The van der Waals surface area contributed by atoms with E-state index >= 15 is 0 Å². The fourth-order valence-corrected chi connectivity index (χ4v) is 11.1. The lowest BCUT2D eigenvalue weighted by Gasteiger charge is -2.36. The monoisotopic (exact) mass is 970 g/mol. The molecule has 20 heteroatoms. The van der Waals surface area contributed by atoms with E-state index in [1.807, 2.05) is 27.7 Å². The van der Waals surface area contributed by atoms with Gasteiger partial charge in [0.2, 0.25) is 20.0 Å². The van der Waals surface area contributed by atoms with E-state index in [2.05, 4.69) is 10.6 Å². The van der Waals surface area contributed by atoms with Gasteiger partial charge in [-0.1, -0.05) is 7.43 Å². The van der Waals surface area contributed by atoms with Crippen LogP contribution in [0, 0.1) is 27.7 Å². The van der Waals surface area contributed by atoms with Crippen molar-refractivity contribution < 1.29 is 55.0 Å². The van der Waals surface area contributed by atoms with E-state index in [-0.39, 0.29) is 51.0 Å². The Bertz CT molecular complexity index is 2470. The lowest BCUT2D eigenvalue weighted by molar-refractivity contribution is -0.179. The number of anilines is 2. The van der Waals surface area contributed by atoms with Gasteiger partial charge in [0.05, 0.1) is 13.2 Å². The minimum atomic E-state index is -3.62. The normalized spacial score (nSPS) is 21.9. The maximum Gasteiger partial charge on any atom is 0.329 e. The van der Waals surface area contributed by atoms with Crippen LogP contribution in [-0.4, -0.2) is 125 Å². The van der Waals surface area contributed by atoms with Crippen molar-refractivity contribution in [1.82, 2.24) is 19.2 Å². The van der Waals surface area contributed by atoms with E-state index in [1.54, 1.807) is 64.1 Å². The zero-order valence-electron chi connectivity index (χ0n) is 39.0. The number of urea groups is 2. The second-order valence-corrected chi connectivity index (χ2v) is 21.9. The minimum absolute atomic E-state index is 0. The number of sulfonamides is 2. The molecule has 0 aromatic heterocycles. The quantitative estimate of drug-likeness (QED) is 0.300. The van der Waals surface area contributed by atoms with Gasteiger partial charge in [0.15, 0.2) is 5.79 Å². The van der Waals surface area contributed by atoms with Crippen molar-refractivity contribution in [1.29, 1.82) is 0 Å². The Morgan fingerprint density at radius 2 is 0.925 bits per heavy atom. The van der Waals surface area contributed by atoms with Gasteiger partial charge < -0.3 is 14.2 Å². The van der Waals surface area contributed by atoms with Gasteiger partial charge in [-0.25, -0.2) is 26.4 Å². The summed E-state index contributed by atoms with van der Waals surface area (Å²) in [7, 11) is -7.22. The standard InChI is InChI=1S/C22H29N3O6S.C20H25N3O5S.C4H8O.CH4/c1-15-13-17(25-20(27)23-19(26)21(25,3)4)14-16(2)18(15)5-12-32(28,29)24-8-6-22(7-9-24)30-10-11-31-22;1-13-11-15(23-19(26)21-18(25)20(23,3)4)12-14(2)17(13)7-10-29(27,28)22-8-5-16(24)6-9-22;1-2-4-5-3-1;/h5,12-14H,6-11H2,1-4H3,(H,23,26,27);7,10-12H,5-6,8-9H2,1-4H3,(H,21,25,26);1-4H2;1H4/b12-5+;10-7+;;. The average molecular weight is 971 g/mol. The zero-order valence-corrected chi connectivity index (χ0v) is 40.7. The molecule has 0 aliphatic carbocycles. The van der Waals surface area contributed by atoms with Crippen molar-refractivity contribution in [3.63, 3.8) is 0 Å². The summed E-state index contributed by atoms with van der Waals surface area (Å²) in [5.41, 5.74) is 3.81. The number of carbonyl (C=O) groups excluding carboxylic acids is 5. The number of rotatable bonds is 8. The van der Waals surface area contributed by atoms with Crippen molar-refractivity contribution in [2.75, 3.05) is 62.4 Å². The molecule has 6 heterocycles. The minimum Gasteiger partial charge on any atom is -0.381 e. The van der Waals surface area contributed by atoms with Crippen LogP contribution in [0.2, 0.25) is 0 Å². The molecule has 2 aromatic carbocycles. The summed E-state index contributed by atoms with van der Waals surface area (Å²) in [5, 5.41) is 7.05. The van der Waals surface area contributed by atoms with E-state index < -0.39 is 49.0 Å². The van der Waals surface area contributed by atoms with Gasteiger partial charge in [-0.15, -0.1) is 0 Å². The number of nitrogens with one attached hydrogen (secondary N) is 2. The molecule has 67 heavy (non-hydrogen) atoms. The Morgan fingerprint density at radius 3 is 1.24 bits per heavy atom. The zero-order chi connectivity index (χ0) is 48.4. The maximum absolute atomic E-state index is 12.9. The number of aryl methyl sites for hydroxylation is 4. The lowest BCUT2D eigenvalue weighted by Crippen LogP contribution is -2.46. The molecule has 6 fully saturated rings. The van der Waals surface area contributed by atoms with Crippen LogP contribution in [0.4, 0.5) is 21.0 Å². The number of ketones is 1. The van der Waals surface area contributed by atoms with Crippen LogP contribution in [0.1, 0.15) is 107 Å². The van der Waals surface area contributed by atoms with Crippen LogP contribution >= 0.6 is 0 Å². The van der Waals surface area contributed by atoms with Crippen LogP contribution in [0.15, 0.2) is 35.1 Å². The number of piperidine rings is 2. The molecule has 368 valence electrons. The van der Waals surface area contributed by atoms with Crippen molar-refractivity contribution in [3.8, 4) is 0 Å². The van der Waals surface area contributed by atoms with Crippen LogP contribution in [0.5, 0.6) is 0 Å². The predicted octanol–water partition coefficient (Wildman–Crippen LogP) is 5.81. The van der Waals surface area contributed by atoms with Gasteiger partial charge >= 0.3 is 12.1 Å². The Kier molecular flexibility index (Phi) is 16.5. The van der Waals surface area contributed by atoms with Gasteiger partial charge in [-0.3, -0.25) is 34.8 Å². The maximum atomic E-state index is 12.9. The number of benzene rings is 2. The Balaban J connectivity index is 0.000000224. The van der Waals surface area contributed by atoms with E-state index in [9.17, 15) is 40.8 Å². The number of imide groups is 2. The molecule has 1 spiro atoms. The van der Waals surface area contributed by atoms with Gasteiger partial charge in [-0.05, 0) is 138 Å². The summed E-state index contributed by atoms with van der Waals surface area (Å²) >= 11 is 0. The largest absolute Gasteiger partial charge is 0.381 e. The van der Waals surface area contributed by atoms with Crippen molar-refractivity contribution in [3.05, 3.63) is 68.5 Å². The fourth-order valence-electron chi connectivity index (χ4n) is 8.74. The fraction of sp³-hybridized carbons (Fsp3) is 0.553. The smallest absolute Gasteiger partial charge is 0.329 e. The van der Waals surface area contributed by atoms with Crippen LogP contribution in [0.3, 0.4) is 0 Å². The predicted molar refractivity (Wildman–Crippen MR) is 256 cm³/mol. The second-order valence-electron chi connectivity index (χ2n) is 18.3. The summed E-state index contributed by atoms with van der Waals surface area (Å²) in [6.45, 7) is 18.2. The lowest BCUT2D eigenvalue weighted by atomic mass is 9.98. The van der Waals surface area contributed by atoms with Gasteiger partial charge in [0, 0.05) is 87.3 Å². The van der Waals surface area contributed by atoms with E-state index in [4.69, 9.17) is 14.2 Å². The molecule has 0 unspecified atom stereocenters. The molecule has 0 atom stereocenters. The van der Waals surface area contributed by atoms with Crippen molar-refractivity contribution >= 4 is 73.2 Å². The first-order valence-electron chi connectivity index (χ1n) is 22.2. The van der Waals surface area contributed by atoms with Crippen LogP contribution in [-0.2, 0) is 48.6 Å². The summed E-state index contributed by atoms with van der Waals surface area (Å²) < 4.78 is 69.9. The first kappa shape index (κ1) is 53.1. The van der Waals surface area contributed by atoms with Gasteiger partial charge in [0.1, 0.15) is 16.9 Å². The molecular formula is C47H66N6O12S2. The Morgan fingerprint density at radius 1 is 0.567 bits per heavy atom. The first-order chi connectivity index (χ1) is 30.9. The highest BCUT2D eigenvalue weighted by Gasteiger charge is 2.48. The van der Waals surface area contributed by atoms with Crippen LogP contribution < -0.4 is 20.4 Å². The number of carbonyl (C=O) groups is 5. The molecule has 2 N–H and O–H groups in total. The number of amides is 6. The van der Waals surface area contributed by atoms with Crippen molar-refractivity contribution in [2.45, 2.75) is 118 Å². The van der Waals surface area contributed by atoms with E-state index in [0.29, 0.717) is 50.5 Å². The summed E-state index contributed by atoms with van der Waals surface area (Å²) in [6, 6.07) is 6.15. The molecule has 18 nitrogen and oxygen atoms in total. The summed E-state index contributed by atoms with van der Waals surface area (Å²) in [5.74, 6) is -1.28. The molecule has 6 saturated heterocycles. The van der Waals surface area contributed by atoms with E-state index in [1.165, 1.54) is 36.7 Å². The molecule has 6 aliphatic rings. The third-order valence-electron chi connectivity index (χ3n) is 12.7. The third-order valence-corrected chi connectivity index (χ3v) is 15.8. The highest BCUT2D eigenvalue weighted by Crippen LogP contribution is 2.35. The SMILES string of the molecule is C.C1CCOC1.Cc1cc(N2C(=O)NC(=O)C2(C)C)cc(C)c1/C=C/S(=O)(=O)N1CCC(=O)CC1.Cc1cc(N2C(=O)NC(=O)C2(C)C)cc(C)c1/C=C/S(=O)(=O)N1CCC2(CC1)OCCO2. The second kappa shape index (κ2) is 20.8. The number of Topliss-reactive ketones (excluding diaryl/α,β-unsaturated/α-hetero) is 1. The Labute approximate surface area is 395 Å². The molecule has 0 bridgehead atoms. The molecular weight excluding hydrogens is 905 g/mol. The number of hydrogen-bond acceptors (Lipinski definition) is 12. The summed E-state index contributed by atoms with van der Waals surface area (Å²) in [4.78, 5) is 62.9. The number of ether oxygens (including phenoxy) is 3. The first-order valence-corrected chi connectivity index (χ1v) is 25.2. The molecule has 0 radical (unpaired) electrons.